The Morgan fingerprint density at radius 1 is 1.17 bits per heavy atom. The van der Waals surface area contributed by atoms with Crippen molar-refractivity contribution in [2.45, 2.75) is 33.7 Å². The lowest BCUT2D eigenvalue weighted by molar-refractivity contribution is -0.121. The third-order valence-corrected chi connectivity index (χ3v) is 2.90. The van der Waals surface area contributed by atoms with E-state index in [0.29, 0.717) is 13.0 Å². The Hall–Kier alpha value is -1.06. The van der Waals surface area contributed by atoms with Crippen molar-refractivity contribution in [2.75, 3.05) is 13.6 Å². The molecule has 0 atom stereocenters. The molecule has 0 unspecified atom stereocenters. The van der Waals surface area contributed by atoms with Crippen molar-refractivity contribution in [1.29, 1.82) is 0 Å². The van der Waals surface area contributed by atoms with Crippen LogP contribution in [0.2, 0.25) is 0 Å². The Morgan fingerprint density at radius 3 is 2.22 bits per heavy atom. The molecular weight excluding hydrogens is 248 g/mol. The average Bonchev–Trinajstić information content (AvgIpc) is 2.24. The van der Waals surface area contributed by atoms with Crippen molar-refractivity contribution < 1.29 is 4.79 Å². The standard InChI is InChI=1S/C14H22N2O.ClH/c1-10-7-11(2)13(12(3)8-10)9-16-14(17)5-6-15-4;/h7-8,15H,5-6,9H2,1-4H3,(H,16,17);1H. The largest absolute Gasteiger partial charge is 0.352 e. The fourth-order valence-electron chi connectivity index (χ4n) is 2.00. The maximum atomic E-state index is 11.5. The lowest BCUT2D eigenvalue weighted by atomic mass is 10.00. The third kappa shape index (κ3) is 5.07. The number of nitrogens with one attached hydrogen (secondary N) is 2. The van der Waals surface area contributed by atoms with Crippen LogP contribution in [0.25, 0.3) is 0 Å². The van der Waals surface area contributed by atoms with E-state index < -0.39 is 0 Å². The summed E-state index contributed by atoms with van der Waals surface area (Å²) in [5.74, 6) is 0.0960. The van der Waals surface area contributed by atoms with Gasteiger partial charge in [-0.2, -0.15) is 0 Å². The Bertz CT molecular complexity index is 382. The van der Waals surface area contributed by atoms with E-state index in [2.05, 4.69) is 43.5 Å². The number of hydrogen-bond acceptors (Lipinski definition) is 2. The normalized spacial score (nSPS) is 9.78. The van der Waals surface area contributed by atoms with E-state index in [1.165, 1.54) is 22.3 Å². The van der Waals surface area contributed by atoms with Crippen LogP contribution in [-0.4, -0.2) is 19.5 Å². The average molecular weight is 271 g/mol. The summed E-state index contributed by atoms with van der Waals surface area (Å²) >= 11 is 0. The summed E-state index contributed by atoms with van der Waals surface area (Å²) in [5, 5.41) is 5.92. The van der Waals surface area contributed by atoms with Crippen molar-refractivity contribution >= 4 is 18.3 Å². The van der Waals surface area contributed by atoms with Gasteiger partial charge < -0.3 is 10.6 Å². The van der Waals surface area contributed by atoms with E-state index in [1.54, 1.807) is 0 Å². The van der Waals surface area contributed by atoms with Crippen LogP contribution in [0.5, 0.6) is 0 Å². The second kappa shape index (κ2) is 8.11. The summed E-state index contributed by atoms with van der Waals surface area (Å²) < 4.78 is 0. The van der Waals surface area contributed by atoms with Crippen LogP contribution in [0.15, 0.2) is 12.1 Å². The molecule has 3 nitrogen and oxygen atoms in total. The molecule has 0 saturated carbocycles. The number of hydrogen-bond donors (Lipinski definition) is 2. The highest BCUT2D eigenvalue weighted by Gasteiger charge is 2.05. The van der Waals surface area contributed by atoms with Gasteiger partial charge in [0.25, 0.3) is 0 Å². The number of carbonyl (C=O) groups excluding carboxylic acids is 1. The summed E-state index contributed by atoms with van der Waals surface area (Å²) in [6, 6.07) is 4.31. The molecule has 4 heteroatoms. The van der Waals surface area contributed by atoms with Crippen molar-refractivity contribution in [2.24, 2.45) is 0 Å². The van der Waals surface area contributed by atoms with Gasteiger partial charge in [0.2, 0.25) is 5.91 Å². The Kier molecular flexibility index (Phi) is 7.64. The van der Waals surface area contributed by atoms with Gasteiger partial charge in [-0.05, 0) is 44.5 Å². The fourth-order valence-corrected chi connectivity index (χ4v) is 2.00. The predicted octanol–water partition coefficient (Wildman–Crippen LogP) is 2.26. The molecule has 1 aromatic rings. The summed E-state index contributed by atoms with van der Waals surface area (Å²) in [7, 11) is 1.85. The zero-order valence-corrected chi connectivity index (χ0v) is 12.4. The zero-order valence-electron chi connectivity index (χ0n) is 11.6. The van der Waals surface area contributed by atoms with E-state index >= 15 is 0 Å². The lowest BCUT2D eigenvalue weighted by Crippen LogP contribution is -2.26. The summed E-state index contributed by atoms with van der Waals surface area (Å²) in [5.41, 5.74) is 4.99. The van der Waals surface area contributed by atoms with Gasteiger partial charge in [-0.15, -0.1) is 12.4 Å². The summed E-state index contributed by atoms with van der Waals surface area (Å²) in [4.78, 5) is 11.5. The Balaban J connectivity index is 0.00000289. The lowest BCUT2D eigenvalue weighted by Gasteiger charge is -2.12. The van der Waals surface area contributed by atoms with Crippen molar-refractivity contribution in [3.05, 3.63) is 34.4 Å². The molecule has 0 aliphatic heterocycles. The first-order valence-corrected chi connectivity index (χ1v) is 6.02. The maximum Gasteiger partial charge on any atom is 0.221 e. The van der Waals surface area contributed by atoms with Crippen LogP contribution in [0.3, 0.4) is 0 Å². The smallest absolute Gasteiger partial charge is 0.221 e. The molecule has 1 amide bonds. The molecule has 1 rings (SSSR count). The molecule has 0 bridgehead atoms. The van der Waals surface area contributed by atoms with E-state index in [1.807, 2.05) is 7.05 Å². The van der Waals surface area contributed by atoms with Crippen LogP contribution < -0.4 is 10.6 Å². The number of halogens is 1. The van der Waals surface area contributed by atoms with E-state index in [0.717, 1.165) is 6.54 Å². The fraction of sp³-hybridized carbons (Fsp3) is 0.500. The number of aryl methyl sites for hydroxylation is 3. The topological polar surface area (TPSA) is 41.1 Å². The first kappa shape index (κ1) is 16.9. The van der Waals surface area contributed by atoms with Gasteiger partial charge in [0.1, 0.15) is 0 Å². The monoisotopic (exact) mass is 270 g/mol. The maximum absolute atomic E-state index is 11.5. The number of amides is 1. The molecular formula is C14H23ClN2O. The van der Waals surface area contributed by atoms with Crippen LogP contribution in [0, 0.1) is 20.8 Å². The Labute approximate surface area is 116 Å². The molecule has 0 heterocycles. The van der Waals surface area contributed by atoms with Crippen LogP contribution in [0.1, 0.15) is 28.7 Å². The minimum Gasteiger partial charge on any atom is -0.352 e. The first-order valence-electron chi connectivity index (χ1n) is 6.02. The van der Waals surface area contributed by atoms with Crippen molar-refractivity contribution in [1.82, 2.24) is 10.6 Å². The number of rotatable bonds is 5. The number of carbonyl (C=O) groups is 1. The van der Waals surface area contributed by atoms with Gasteiger partial charge in [-0.3, -0.25) is 4.79 Å². The molecule has 0 aliphatic carbocycles. The Morgan fingerprint density at radius 2 is 1.72 bits per heavy atom. The highest BCUT2D eigenvalue weighted by molar-refractivity contribution is 5.85. The van der Waals surface area contributed by atoms with Crippen LogP contribution >= 0.6 is 12.4 Å². The minimum absolute atomic E-state index is 0. The van der Waals surface area contributed by atoms with E-state index in [9.17, 15) is 4.79 Å². The van der Waals surface area contributed by atoms with Gasteiger partial charge in [0.15, 0.2) is 0 Å². The van der Waals surface area contributed by atoms with Gasteiger partial charge in [-0.25, -0.2) is 0 Å². The second-order valence-electron chi connectivity index (χ2n) is 4.51. The molecule has 0 saturated heterocycles. The van der Waals surface area contributed by atoms with Gasteiger partial charge in [-0.1, -0.05) is 17.7 Å². The quantitative estimate of drug-likeness (QED) is 0.862. The molecule has 1 aromatic carbocycles. The van der Waals surface area contributed by atoms with E-state index in [4.69, 9.17) is 0 Å². The minimum atomic E-state index is 0. The molecule has 0 radical (unpaired) electrons. The third-order valence-electron chi connectivity index (χ3n) is 2.90. The SMILES string of the molecule is CNCCC(=O)NCc1c(C)cc(C)cc1C.Cl. The van der Waals surface area contributed by atoms with Gasteiger partial charge >= 0.3 is 0 Å². The van der Waals surface area contributed by atoms with Gasteiger partial charge in [0.05, 0.1) is 0 Å². The summed E-state index contributed by atoms with van der Waals surface area (Å²) in [6.45, 7) is 7.62. The predicted molar refractivity (Wildman–Crippen MR) is 78.3 cm³/mol. The summed E-state index contributed by atoms with van der Waals surface area (Å²) in [6.07, 6.45) is 0.528. The molecule has 18 heavy (non-hydrogen) atoms. The van der Waals surface area contributed by atoms with Crippen LogP contribution in [-0.2, 0) is 11.3 Å². The highest BCUT2D eigenvalue weighted by Crippen LogP contribution is 2.15. The number of benzene rings is 1. The van der Waals surface area contributed by atoms with E-state index in [-0.39, 0.29) is 18.3 Å². The van der Waals surface area contributed by atoms with Crippen molar-refractivity contribution in [3.8, 4) is 0 Å². The molecule has 0 aromatic heterocycles. The van der Waals surface area contributed by atoms with Crippen LogP contribution in [0.4, 0.5) is 0 Å². The second-order valence-corrected chi connectivity index (χ2v) is 4.51. The highest BCUT2D eigenvalue weighted by atomic mass is 35.5. The molecule has 0 aliphatic rings. The van der Waals surface area contributed by atoms with Gasteiger partial charge in [0, 0.05) is 19.5 Å². The first-order chi connectivity index (χ1) is 8.04. The molecule has 0 fully saturated rings. The molecule has 0 spiro atoms. The zero-order chi connectivity index (χ0) is 12.8. The molecule has 102 valence electrons. The van der Waals surface area contributed by atoms with Crippen molar-refractivity contribution in [3.63, 3.8) is 0 Å². The molecule has 2 N–H and O–H groups in total.